The Balaban J connectivity index is 1.51. The third kappa shape index (κ3) is 4.00. The summed E-state index contributed by atoms with van der Waals surface area (Å²) in [6, 6.07) is 8.35. The fourth-order valence-electron chi connectivity index (χ4n) is 4.15. The summed E-state index contributed by atoms with van der Waals surface area (Å²) < 4.78 is 0. The normalized spacial score (nSPS) is 22.4. The van der Waals surface area contributed by atoms with Gasteiger partial charge in [0, 0.05) is 30.9 Å². The van der Waals surface area contributed by atoms with E-state index in [0.717, 1.165) is 6.04 Å². The molecule has 1 saturated heterocycles. The van der Waals surface area contributed by atoms with Crippen molar-refractivity contribution in [1.29, 1.82) is 0 Å². The number of hydrogen-bond acceptors (Lipinski definition) is 2. The molecular formula is C19H30N2. The minimum atomic E-state index is 0.658. The van der Waals surface area contributed by atoms with Gasteiger partial charge in [0.2, 0.25) is 0 Å². The van der Waals surface area contributed by atoms with Crippen molar-refractivity contribution in [2.75, 3.05) is 18.4 Å². The second-order valence-corrected chi connectivity index (χ2v) is 7.12. The van der Waals surface area contributed by atoms with Crippen LogP contribution in [0, 0.1) is 13.8 Å². The maximum atomic E-state index is 3.76. The van der Waals surface area contributed by atoms with Gasteiger partial charge in [-0.2, -0.15) is 0 Å². The molecule has 1 aliphatic heterocycles. The van der Waals surface area contributed by atoms with Crippen LogP contribution in [0.25, 0.3) is 0 Å². The van der Waals surface area contributed by atoms with Gasteiger partial charge in [0.05, 0.1) is 0 Å². The molecular weight excluding hydrogens is 256 g/mol. The summed E-state index contributed by atoms with van der Waals surface area (Å²) in [7, 11) is 0. The van der Waals surface area contributed by atoms with Crippen molar-refractivity contribution in [3.05, 3.63) is 29.3 Å². The van der Waals surface area contributed by atoms with Crippen LogP contribution in [0.15, 0.2) is 18.2 Å². The Morgan fingerprint density at radius 3 is 2.10 bits per heavy atom. The minimum absolute atomic E-state index is 0.658. The van der Waals surface area contributed by atoms with Crippen molar-refractivity contribution in [3.63, 3.8) is 0 Å². The van der Waals surface area contributed by atoms with Gasteiger partial charge in [0.15, 0.2) is 0 Å². The van der Waals surface area contributed by atoms with E-state index in [4.69, 9.17) is 0 Å². The van der Waals surface area contributed by atoms with Gasteiger partial charge in [0.25, 0.3) is 0 Å². The van der Waals surface area contributed by atoms with E-state index < -0.39 is 0 Å². The van der Waals surface area contributed by atoms with E-state index in [9.17, 15) is 0 Å². The van der Waals surface area contributed by atoms with E-state index in [2.05, 4.69) is 42.3 Å². The van der Waals surface area contributed by atoms with Crippen molar-refractivity contribution in [1.82, 2.24) is 4.90 Å². The molecule has 0 bridgehead atoms. The summed E-state index contributed by atoms with van der Waals surface area (Å²) in [5.74, 6) is 0. The van der Waals surface area contributed by atoms with Crippen molar-refractivity contribution >= 4 is 5.69 Å². The predicted octanol–water partition coefficient (Wildman–Crippen LogP) is 4.51. The SMILES string of the molecule is Cc1cc(C)cc(NC2CCN(C3CCCCC3)CC2)c1. The first-order valence-electron chi connectivity index (χ1n) is 8.79. The molecule has 0 aromatic heterocycles. The number of piperidine rings is 1. The Labute approximate surface area is 129 Å². The van der Waals surface area contributed by atoms with Crippen molar-refractivity contribution in [2.24, 2.45) is 0 Å². The lowest BCUT2D eigenvalue weighted by molar-refractivity contribution is 0.126. The molecule has 0 amide bonds. The summed E-state index contributed by atoms with van der Waals surface area (Å²) >= 11 is 0. The largest absolute Gasteiger partial charge is 0.382 e. The highest BCUT2D eigenvalue weighted by molar-refractivity contribution is 5.49. The molecule has 0 radical (unpaired) electrons. The molecule has 1 saturated carbocycles. The first-order chi connectivity index (χ1) is 10.2. The topological polar surface area (TPSA) is 15.3 Å². The molecule has 2 fully saturated rings. The third-order valence-corrected chi connectivity index (χ3v) is 5.21. The maximum absolute atomic E-state index is 3.76. The molecule has 1 aromatic carbocycles. The Hall–Kier alpha value is -1.02. The van der Waals surface area contributed by atoms with E-state index in [0.29, 0.717) is 6.04 Å². The summed E-state index contributed by atoms with van der Waals surface area (Å²) in [5.41, 5.74) is 4.03. The van der Waals surface area contributed by atoms with Gasteiger partial charge >= 0.3 is 0 Å². The molecule has 0 unspecified atom stereocenters. The zero-order valence-corrected chi connectivity index (χ0v) is 13.7. The molecule has 0 spiro atoms. The summed E-state index contributed by atoms with van der Waals surface area (Å²) in [4.78, 5) is 2.76. The van der Waals surface area contributed by atoms with E-state index in [1.807, 2.05) is 0 Å². The summed E-state index contributed by atoms with van der Waals surface area (Å²) in [6.07, 6.45) is 9.83. The summed E-state index contributed by atoms with van der Waals surface area (Å²) in [6.45, 7) is 6.94. The van der Waals surface area contributed by atoms with Crippen molar-refractivity contribution < 1.29 is 0 Å². The number of nitrogens with one attached hydrogen (secondary N) is 1. The monoisotopic (exact) mass is 286 g/mol. The number of aryl methyl sites for hydroxylation is 2. The second kappa shape index (κ2) is 6.83. The van der Waals surface area contributed by atoms with Crippen LogP contribution in [0.3, 0.4) is 0 Å². The van der Waals surface area contributed by atoms with Crippen LogP contribution in [-0.4, -0.2) is 30.1 Å². The fourth-order valence-corrected chi connectivity index (χ4v) is 4.15. The average Bonchev–Trinajstić information content (AvgIpc) is 2.48. The van der Waals surface area contributed by atoms with Gasteiger partial charge < -0.3 is 10.2 Å². The molecule has 3 rings (SSSR count). The Morgan fingerprint density at radius 1 is 0.857 bits per heavy atom. The molecule has 2 nitrogen and oxygen atoms in total. The third-order valence-electron chi connectivity index (χ3n) is 5.21. The molecule has 2 heteroatoms. The lowest BCUT2D eigenvalue weighted by Crippen LogP contribution is -2.45. The van der Waals surface area contributed by atoms with Crippen LogP contribution in [0.4, 0.5) is 5.69 Å². The zero-order valence-electron chi connectivity index (χ0n) is 13.7. The van der Waals surface area contributed by atoms with Gasteiger partial charge in [-0.25, -0.2) is 0 Å². The standard InChI is InChI=1S/C19H30N2/c1-15-12-16(2)14-18(13-15)20-17-8-10-21(11-9-17)19-6-4-3-5-7-19/h12-14,17,19-20H,3-11H2,1-2H3. The lowest BCUT2D eigenvalue weighted by atomic mass is 9.92. The number of anilines is 1. The molecule has 2 aliphatic rings. The Bertz CT molecular complexity index is 434. The highest BCUT2D eigenvalue weighted by atomic mass is 15.2. The fraction of sp³-hybridized carbons (Fsp3) is 0.684. The van der Waals surface area contributed by atoms with Crippen LogP contribution in [0.2, 0.25) is 0 Å². The van der Waals surface area contributed by atoms with Gasteiger partial charge in [-0.3, -0.25) is 0 Å². The Morgan fingerprint density at radius 2 is 1.48 bits per heavy atom. The predicted molar refractivity (Wildman–Crippen MR) is 91.0 cm³/mol. The molecule has 1 heterocycles. The molecule has 116 valence electrons. The lowest BCUT2D eigenvalue weighted by Gasteiger charge is -2.39. The van der Waals surface area contributed by atoms with Crippen molar-refractivity contribution in [2.45, 2.75) is 70.9 Å². The van der Waals surface area contributed by atoms with Crippen LogP contribution in [0.1, 0.15) is 56.1 Å². The summed E-state index contributed by atoms with van der Waals surface area (Å²) in [5, 5.41) is 3.76. The number of likely N-dealkylation sites (tertiary alicyclic amines) is 1. The minimum Gasteiger partial charge on any atom is -0.382 e. The van der Waals surface area contributed by atoms with Crippen LogP contribution < -0.4 is 5.32 Å². The molecule has 1 aliphatic carbocycles. The van der Waals surface area contributed by atoms with E-state index in [1.54, 1.807) is 0 Å². The van der Waals surface area contributed by atoms with Crippen molar-refractivity contribution in [3.8, 4) is 0 Å². The number of hydrogen-bond donors (Lipinski definition) is 1. The molecule has 21 heavy (non-hydrogen) atoms. The van der Waals surface area contributed by atoms with Gasteiger partial charge in [-0.15, -0.1) is 0 Å². The molecule has 0 atom stereocenters. The average molecular weight is 286 g/mol. The highest BCUT2D eigenvalue weighted by Gasteiger charge is 2.25. The van der Waals surface area contributed by atoms with Gasteiger partial charge in [-0.1, -0.05) is 25.3 Å². The smallest absolute Gasteiger partial charge is 0.0347 e. The quantitative estimate of drug-likeness (QED) is 0.879. The van der Waals surface area contributed by atoms with E-state index in [1.165, 1.54) is 74.8 Å². The maximum Gasteiger partial charge on any atom is 0.0347 e. The van der Waals surface area contributed by atoms with Crippen LogP contribution in [-0.2, 0) is 0 Å². The first-order valence-corrected chi connectivity index (χ1v) is 8.79. The number of nitrogens with zero attached hydrogens (tertiary/aromatic N) is 1. The first kappa shape index (κ1) is 14.9. The van der Waals surface area contributed by atoms with E-state index >= 15 is 0 Å². The van der Waals surface area contributed by atoms with Crippen LogP contribution >= 0.6 is 0 Å². The highest BCUT2D eigenvalue weighted by Crippen LogP contribution is 2.26. The number of rotatable bonds is 3. The molecule has 1 N–H and O–H groups in total. The molecule has 1 aromatic rings. The van der Waals surface area contributed by atoms with Gasteiger partial charge in [0.1, 0.15) is 0 Å². The van der Waals surface area contributed by atoms with Gasteiger partial charge in [-0.05, 0) is 62.8 Å². The second-order valence-electron chi connectivity index (χ2n) is 7.12. The van der Waals surface area contributed by atoms with E-state index in [-0.39, 0.29) is 0 Å². The number of benzene rings is 1. The van der Waals surface area contributed by atoms with Crippen LogP contribution in [0.5, 0.6) is 0 Å². The zero-order chi connectivity index (χ0) is 14.7. The Kier molecular flexibility index (Phi) is 4.84.